The van der Waals surface area contributed by atoms with E-state index in [0.717, 1.165) is 36.4 Å². The van der Waals surface area contributed by atoms with Crippen LogP contribution in [0.2, 0.25) is 0 Å². The molecular formula is C17H26ClN3O2. The second kappa shape index (κ2) is 8.89. The topological polar surface area (TPSA) is 70.2 Å². The van der Waals surface area contributed by atoms with Crippen LogP contribution in [0.3, 0.4) is 0 Å². The minimum Gasteiger partial charge on any atom is -0.326 e. The first kappa shape index (κ1) is 19.5. The maximum Gasteiger partial charge on any atom is 0.227 e. The summed E-state index contributed by atoms with van der Waals surface area (Å²) in [6, 6.07) is 5.58. The van der Waals surface area contributed by atoms with Crippen molar-refractivity contribution in [1.29, 1.82) is 0 Å². The lowest BCUT2D eigenvalue weighted by Crippen LogP contribution is -2.48. The monoisotopic (exact) mass is 339 g/mol. The van der Waals surface area contributed by atoms with Crippen molar-refractivity contribution in [2.45, 2.75) is 33.6 Å². The normalized spacial score (nSPS) is 15.1. The molecule has 23 heavy (non-hydrogen) atoms. The highest BCUT2D eigenvalue weighted by Crippen LogP contribution is 2.25. The highest BCUT2D eigenvalue weighted by molar-refractivity contribution is 5.96. The van der Waals surface area contributed by atoms with Crippen molar-refractivity contribution >= 4 is 35.6 Å². The zero-order valence-electron chi connectivity index (χ0n) is 13.9. The number of carbonyl (C=O) groups excluding carboxylic acids is 2. The molecule has 0 saturated carbocycles. The fraction of sp³-hybridized carbons (Fsp3) is 0.529. The Balaban J connectivity index is 0.00000264. The van der Waals surface area contributed by atoms with Crippen molar-refractivity contribution in [3.8, 4) is 0 Å². The van der Waals surface area contributed by atoms with Crippen molar-refractivity contribution in [3.63, 3.8) is 0 Å². The molecule has 0 aromatic heterocycles. The van der Waals surface area contributed by atoms with E-state index in [1.54, 1.807) is 0 Å². The van der Waals surface area contributed by atoms with Gasteiger partial charge in [-0.2, -0.15) is 0 Å². The largest absolute Gasteiger partial charge is 0.326 e. The van der Waals surface area contributed by atoms with Crippen LogP contribution in [0.1, 0.15) is 32.3 Å². The third-order valence-corrected chi connectivity index (χ3v) is 4.28. The summed E-state index contributed by atoms with van der Waals surface area (Å²) in [4.78, 5) is 24.0. The zero-order valence-corrected chi connectivity index (χ0v) is 14.8. The van der Waals surface area contributed by atoms with E-state index in [-0.39, 0.29) is 30.1 Å². The Bertz CT molecular complexity index is 559. The van der Waals surface area contributed by atoms with E-state index in [2.05, 4.69) is 16.0 Å². The Hall–Kier alpha value is -1.59. The lowest BCUT2D eigenvalue weighted by Gasteiger charge is -2.31. The smallest absolute Gasteiger partial charge is 0.227 e. The Morgan fingerprint density at radius 3 is 2.39 bits per heavy atom. The Kier molecular flexibility index (Phi) is 7.52. The molecule has 1 aromatic carbocycles. The van der Waals surface area contributed by atoms with Crippen LogP contribution >= 0.6 is 12.4 Å². The second-order valence-electron chi connectivity index (χ2n) is 5.97. The molecule has 0 bridgehead atoms. The number of benzene rings is 1. The standard InChI is InChI=1S/C17H25N3O2.ClH/c1-4-6-16(21)19-14-7-5-8-15(12(14)3)20-17(22)11(2)13-9-18-10-13;/h5,7-8,11,13,18H,4,6,9-10H2,1-3H3,(H,19,21)(H,20,22);1H. The van der Waals surface area contributed by atoms with Gasteiger partial charge in [0.15, 0.2) is 0 Å². The summed E-state index contributed by atoms with van der Waals surface area (Å²) >= 11 is 0. The van der Waals surface area contributed by atoms with Gasteiger partial charge >= 0.3 is 0 Å². The molecule has 2 amide bonds. The van der Waals surface area contributed by atoms with Crippen LogP contribution in [0.5, 0.6) is 0 Å². The first-order valence-corrected chi connectivity index (χ1v) is 7.94. The fourth-order valence-electron chi connectivity index (χ4n) is 2.47. The maximum atomic E-state index is 12.3. The molecule has 1 aliphatic heterocycles. The minimum atomic E-state index is -0.0148. The summed E-state index contributed by atoms with van der Waals surface area (Å²) < 4.78 is 0. The van der Waals surface area contributed by atoms with Gasteiger partial charge in [-0.1, -0.05) is 19.9 Å². The van der Waals surface area contributed by atoms with Crippen LogP contribution in [0, 0.1) is 18.8 Å². The predicted octanol–water partition coefficient (Wildman–Crippen LogP) is 2.95. The number of anilines is 2. The summed E-state index contributed by atoms with van der Waals surface area (Å²) in [6.45, 7) is 7.65. The highest BCUT2D eigenvalue weighted by atomic mass is 35.5. The molecule has 6 heteroatoms. The van der Waals surface area contributed by atoms with Crippen LogP contribution in [0.4, 0.5) is 11.4 Å². The Labute approximate surface area is 144 Å². The molecule has 1 atom stereocenters. The summed E-state index contributed by atoms with van der Waals surface area (Å²) in [6.07, 6.45) is 1.32. The highest BCUT2D eigenvalue weighted by Gasteiger charge is 2.28. The van der Waals surface area contributed by atoms with Crippen LogP contribution in [-0.4, -0.2) is 24.9 Å². The average Bonchev–Trinajstić information content (AvgIpc) is 2.41. The molecule has 5 nitrogen and oxygen atoms in total. The minimum absolute atomic E-state index is 0. The lowest BCUT2D eigenvalue weighted by molar-refractivity contribution is -0.121. The van der Waals surface area contributed by atoms with Gasteiger partial charge in [-0.25, -0.2) is 0 Å². The summed E-state index contributed by atoms with van der Waals surface area (Å²) in [7, 11) is 0. The van der Waals surface area contributed by atoms with Crippen molar-refractivity contribution in [2.75, 3.05) is 23.7 Å². The molecule has 0 aliphatic carbocycles. The van der Waals surface area contributed by atoms with Gasteiger partial charge in [-0.3, -0.25) is 9.59 Å². The van der Waals surface area contributed by atoms with E-state index in [1.807, 2.05) is 39.0 Å². The second-order valence-corrected chi connectivity index (χ2v) is 5.97. The van der Waals surface area contributed by atoms with Crippen LogP contribution in [0.25, 0.3) is 0 Å². The molecular weight excluding hydrogens is 314 g/mol. The lowest BCUT2D eigenvalue weighted by atomic mass is 9.88. The molecule has 3 N–H and O–H groups in total. The Morgan fingerprint density at radius 1 is 1.26 bits per heavy atom. The van der Waals surface area contributed by atoms with Crippen molar-refractivity contribution in [2.24, 2.45) is 11.8 Å². The summed E-state index contributed by atoms with van der Waals surface area (Å²) in [5, 5.41) is 9.07. The molecule has 0 radical (unpaired) electrons. The number of amides is 2. The molecule has 0 spiro atoms. The number of carbonyl (C=O) groups is 2. The van der Waals surface area contributed by atoms with Crippen LogP contribution in [0.15, 0.2) is 18.2 Å². The molecule has 128 valence electrons. The first-order valence-electron chi connectivity index (χ1n) is 7.94. The van der Waals surface area contributed by atoms with Gasteiger partial charge in [0, 0.05) is 23.7 Å². The molecule has 1 aromatic rings. The molecule has 1 aliphatic rings. The molecule has 1 saturated heterocycles. The Morgan fingerprint density at radius 2 is 1.87 bits per heavy atom. The molecule has 1 heterocycles. The van der Waals surface area contributed by atoms with Gasteiger partial charge < -0.3 is 16.0 Å². The van der Waals surface area contributed by atoms with Gasteiger partial charge in [-0.05, 0) is 50.0 Å². The van der Waals surface area contributed by atoms with Gasteiger partial charge in [0.2, 0.25) is 11.8 Å². The van der Waals surface area contributed by atoms with E-state index in [9.17, 15) is 9.59 Å². The van der Waals surface area contributed by atoms with E-state index >= 15 is 0 Å². The summed E-state index contributed by atoms with van der Waals surface area (Å²) in [5.41, 5.74) is 2.41. The number of rotatable bonds is 6. The SMILES string of the molecule is CCCC(=O)Nc1cccc(NC(=O)C(C)C2CNC2)c1C.Cl. The quantitative estimate of drug-likeness (QED) is 0.746. The zero-order chi connectivity index (χ0) is 16.1. The number of hydrogen-bond donors (Lipinski definition) is 3. The van der Waals surface area contributed by atoms with Crippen molar-refractivity contribution in [1.82, 2.24) is 5.32 Å². The van der Waals surface area contributed by atoms with E-state index in [1.165, 1.54) is 0 Å². The third kappa shape index (κ3) is 4.94. The molecule has 1 unspecified atom stereocenters. The van der Waals surface area contributed by atoms with Crippen LogP contribution < -0.4 is 16.0 Å². The van der Waals surface area contributed by atoms with E-state index in [4.69, 9.17) is 0 Å². The third-order valence-electron chi connectivity index (χ3n) is 4.28. The number of hydrogen-bond acceptors (Lipinski definition) is 3. The van der Waals surface area contributed by atoms with Crippen LogP contribution in [-0.2, 0) is 9.59 Å². The van der Waals surface area contributed by atoms with Gasteiger partial charge in [-0.15, -0.1) is 12.4 Å². The van der Waals surface area contributed by atoms with Gasteiger partial charge in [0.25, 0.3) is 0 Å². The number of nitrogens with one attached hydrogen (secondary N) is 3. The van der Waals surface area contributed by atoms with E-state index < -0.39 is 0 Å². The van der Waals surface area contributed by atoms with Gasteiger partial charge in [0.1, 0.15) is 0 Å². The number of halogens is 1. The average molecular weight is 340 g/mol. The van der Waals surface area contributed by atoms with E-state index in [0.29, 0.717) is 12.3 Å². The fourth-order valence-corrected chi connectivity index (χ4v) is 2.47. The first-order chi connectivity index (χ1) is 10.5. The molecule has 2 rings (SSSR count). The maximum absolute atomic E-state index is 12.3. The van der Waals surface area contributed by atoms with Gasteiger partial charge in [0.05, 0.1) is 0 Å². The predicted molar refractivity (Wildman–Crippen MR) is 96.1 cm³/mol. The van der Waals surface area contributed by atoms with Crippen molar-refractivity contribution < 1.29 is 9.59 Å². The summed E-state index contributed by atoms with van der Waals surface area (Å²) in [5.74, 6) is 0.432. The molecule has 1 fully saturated rings. The van der Waals surface area contributed by atoms with Crippen molar-refractivity contribution in [3.05, 3.63) is 23.8 Å².